The Labute approximate surface area is 159 Å². The van der Waals surface area contributed by atoms with Crippen LogP contribution in [-0.4, -0.2) is 102 Å². The number of carbonyl (C=O) groups is 2. The molecule has 3 aliphatic heterocycles. The van der Waals surface area contributed by atoms with E-state index in [-0.39, 0.29) is 24.9 Å². The van der Waals surface area contributed by atoms with Crippen LogP contribution in [0.4, 0.5) is 4.79 Å². The van der Waals surface area contributed by atoms with Crippen LogP contribution in [0.1, 0.15) is 26.2 Å². The van der Waals surface area contributed by atoms with Crippen molar-refractivity contribution < 1.29 is 29.3 Å². The van der Waals surface area contributed by atoms with E-state index >= 15 is 0 Å². The third-order valence-corrected chi connectivity index (χ3v) is 5.73. The number of aliphatic hydroxyl groups is 2. The summed E-state index contributed by atoms with van der Waals surface area (Å²) < 4.78 is 10.9. The maximum absolute atomic E-state index is 12.5. The van der Waals surface area contributed by atoms with Gasteiger partial charge in [-0.2, -0.15) is 0 Å². The Bertz CT molecular complexity index is 519. The molecular weight excluding hydrogens is 354 g/mol. The average Bonchev–Trinajstić information content (AvgIpc) is 2.95. The van der Waals surface area contributed by atoms with Crippen molar-refractivity contribution in [2.24, 2.45) is 5.92 Å². The van der Waals surface area contributed by atoms with Gasteiger partial charge in [-0.3, -0.25) is 4.79 Å². The van der Waals surface area contributed by atoms with Gasteiger partial charge < -0.3 is 34.8 Å². The fourth-order valence-electron chi connectivity index (χ4n) is 3.79. The molecule has 3 fully saturated rings. The molecule has 0 aliphatic carbocycles. The monoisotopic (exact) mass is 385 g/mol. The molecular formula is C18H31N3O6. The Morgan fingerprint density at radius 2 is 1.63 bits per heavy atom. The van der Waals surface area contributed by atoms with Gasteiger partial charge in [0.05, 0.1) is 25.7 Å². The van der Waals surface area contributed by atoms with E-state index in [4.69, 9.17) is 9.47 Å². The smallest absolute Gasteiger partial charge is 0.317 e. The molecule has 3 rings (SSSR count). The molecule has 4 atom stereocenters. The first-order valence-electron chi connectivity index (χ1n) is 9.85. The highest BCUT2D eigenvalue weighted by Crippen LogP contribution is 2.25. The van der Waals surface area contributed by atoms with E-state index in [0.717, 1.165) is 25.9 Å². The molecule has 3 saturated heterocycles. The molecule has 154 valence electrons. The molecule has 3 amide bonds. The lowest BCUT2D eigenvalue weighted by atomic mass is 9.98. The van der Waals surface area contributed by atoms with Crippen LogP contribution in [-0.2, 0) is 14.3 Å². The third kappa shape index (κ3) is 5.10. The van der Waals surface area contributed by atoms with Gasteiger partial charge in [-0.05, 0) is 18.8 Å². The van der Waals surface area contributed by atoms with Gasteiger partial charge in [0, 0.05) is 32.7 Å². The van der Waals surface area contributed by atoms with Crippen LogP contribution in [0, 0.1) is 5.92 Å². The number of urea groups is 1. The molecule has 0 aromatic carbocycles. The van der Waals surface area contributed by atoms with Crippen LogP contribution in [0.15, 0.2) is 0 Å². The maximum Gasteiger partial charge on any atom is 0.317 e. The van der Waals surface area contributed by atoms with Crippen LogP contribution in [0.25, 0.3) is 0 Å². The molecule has 0 spiro atoms. The number of nitrogens with one attached hydrogen (secondary N) is 1. The molecule has 0 bridgehead atoms. The Balaban J connectivity index is 1.45. The Morgan fingerprint density at radius 1 is 1.00 bits per heavy atom. The number of nitrogens with zero attached hydrogens (tertiary/aromatic N) is 2. The van der Waals surface area contributed by atoms with Gasteiger partial charge in [-0.25, -0.2) is 4.79 Å². The zero-order valence-electron chi connectivity index (χ0n) is 15.9. The molecule has 0 aromatic heterocycles. The summed E-state index contributed by atoms with van der Waals surface area (Å²) in [5.74, 6) is 0.569. The van der Waals surface area contributed by atoms with Crippen molar-refractivity contribution in [3.63, 3.8) is 0 Å². The first-order chi connectivity index (χ1) is 13.0. The molecule has 3 heterocycles. The van der Waals surface area contributed by atoms with Crippen molar-refractivity contribution in [2.45, 2.75) is 50.6 Å². The van der Waals surface area contributed by atoms with Gasteiger partial charge >= 0.3 is 6.03 Å². The van der Waals surface area contributed by atoms with Crippen molar-refractivity contribution in [3.8, 4) is 0 Å². The lowest BCUT2D eigenvalue weighted by molar-refractivity contribution is -0.136. The highest BCUT2D eigenvalue weighted by molar-refractivity contribution is 5.77. The molecule has 3 N–H and O–H groups in total. The third-order valence-electron chi connectivity index (χ3n) is 5.73. The summed E-state index contributed by atoms with van der Waals surface area (Å²) in [5.41, 5.74) is 0. The number of carbonyl (C=O) groups excluding carboxylic acids is 2. The topological polar surface area (TPSA) is 112 Å². The molecule has 27 heavy (non-hydrogen) atoms. The van der Waals surface area contributed by atoms with Gasteiger partial charge in [-0.1, -0.05) is 6.92 Å². The van der Waals surface area contributed by atoms with Gasteiger partial charge in [0.25, 0.3) is 0 Å². The Morgan fingerprint density at radius 3 is 2.30 bits per heavy atom. The van der Waals surface area contributed by atoms with Gasteiger partial charge in [-0.15, -0.1) is 0 Å². The van der Waals surface area contributed by atoms with Crippen LogP contribution in [0.3, 0.4) is 0 Å². The molecule has 4 unspecified atom stereocenters. The quantitative estimate of drug-likeness (QED) is 0.582. The lowest BCUT2D eigenvalue weighted by Crippen LogP contribution is -2.49. The minimum absolute atomic E-state index is 0.0422. The summed E-state index contributed by atoms with van der Waals surface area (Å²) in [5, 5.41) is 23.2. The number of hydrogen-bond acceptors (Lipinski definition) is 6. The number of morpholine rings is 1. The zero-order chi connectivity index (χ0) is 19.4. The lowest BCUT2D eigenvalue weighted by Gasteiger charge is -2.31. The molecule has 9 nitrogen and oxygen atoms in total. The summed E-state index contributed by atoms with van der Waals surface area (Å²) in [6.07, 6.45) is -1.74. The Hall–Kier alpha value is -1.42. The second kappa shape index (κ2) is 9.18. The fourth-order valence-corrected chi connectivity index (χ4v) is 3.79. The molecule has 0 aromatic rings. The number of rotatable bonds is 4. The van der Waals surface area contributed by atoms with E-state index in [1.54, 1.807) is 9.80 Å². The number of hydrogen-bond donors (Lipinski definition) is 3. The predicted octanol–water partition coefficient (Wildman–Crippen LogP) is -0.834. The van der Waals surface area contributed by atoms with E-state index in [2.05, 4.69) is 12.2 Å². The average molecular weight is 385 g/mol. The first-order valence-corrected chi connectivity index (χ1v) is 9.85. The van der Waals surface area contributed by atoms with E-state index in [1.807, 2.05) is 0 Å². The predicted molar refractivity (Wildman–Crippen MR) is 96.1 cm³/mol. The zero-order valence-corrected chi connectivity index (χ0v) is 15.9. The Kier molecular flexibility index (Phi) is 6.91. The number of aliphatic hydroxyl groups excluding tert-OH is 2. The maximum atomic E-state index is 12.5. The highest BCUT2D eigenvalue weighted by Gasteiger charge is 2.44. The summed E-state index contributed by atoms with van der Waals surface area (Å²) in [6.45, 7) is 5.78. The number of ether oxygens (including phenoxy) is 2. The van der Waals surface area contributed by atoms with Gasteiger partial charge in [0.15, 0.2) is 0 Å². The summed E-state index contributed by atoms with van der Waals surface area (Å²) in [4.78, 5) is 28.0. The fraction of sp³-hybridized carbons (Fsp3) is 0.889. The largest absolute Gasteiger partial charge is 0.388 e. The molecule has 3 aliphatic rings. The molecule has 9 heteroatoms. The van der Waals surface area contributed by atoms with Crippen molar-refractivity contribution in [1.82, 2.24) is 15.1 Å². The normalized spacial score (nSPS) is 32.6. The minimum Gasteiger partial charge on any atom is -0.388 e. The van der Waals surface area contributed by atoms with Gasteiger partial charge in [0.2, 0.25) is 5.91 Å². The van der Waals surface area contributed by atoms with Crippen molar-refractivity contribution in [3.05, 3.63) is 0 Å². The van der Waals surface area contributed by atoms with Crippen LogP contribution < -0.4 is 5.32 Å². The SMILES string of the molecule is CC1CCN(C(=O)CC2OC(CNC(=O)N3CCOCC3)C(O)C2O)CC1. The summed E-state index contributed by atoms with van der Waals surface area (Å²) in [7, 11) is 0. The van der Waals surface area contributed by atoms with E-state index in [0.29, 0.717) is 32.2 Å². The van der Waals surface area contributed by atoms with Crippen LogP contribution in [0.2, 0.25) is 0 Å². The number of amides is 3. The van der Waals surface area contributed by atoms with E-state index in [1.165, 1.54) is 0 Å². The standard InChI is InChI=1S/C18H31N3O6/c1-12-2-4-20(5-3-12)15(22)10-13-16(23)17(24)14(27-13)11-19-18(25)21-6-8-26-9-7-21/h12-14,16-17,23-24H,2-11H2,1H3,(H,19,25). The van der Waals surface area contributed by atoms with Crippen LogP contribution in [0.5, 0.6) is 0 Å². The van der Waals surface area contributed by atoms with Gasteiger partial charge in [0.1, 0.15) is 18.3 Å². The van der Waals surface area contributed by atoms with E-state index < -0.39 is 24.4 Å². The second-order valence-corrected chi connectivity index (χ2v) is 7.75. The van der Waals surface area contributed by atoms with Crippen LogP contribution >= 0.6 is 0 Å². The highest BCUT2D eigenvalue weighted by atomic mass is 16.5. The summed E-state index contributed by atoms with van der Waals surface area (Å²) >= 11 is 0. The van der Waals surface area contributed by atoms with Crippen molar-refractivity contribution >= 4 is 11.9 Å². The molecule has 0 saturated carbocycles. The summed E-state index contributed by atoms with van der Waals surface area (Å²) in [6, 6.07) is -0.245. The van der Waals surface area contributed by atoms with Crippen molar-refractivity contribution in [1.29, 1.82) is 0 Å². The minimum atomic E-state index is -1.14. The number of piperidine rings is 1. The second-order valence-electron chi connectivity index (χ2n) is 7.75. The first kappa shape index (κ1) is 20.3. The molecule has 0 radical (unpaired) electrons. The van der Waals surface area contributed by atoms with E-state index in [9.17, 15) is 19.8 Å². The van der Waals surface area contributed by atoms with Crippen molar-refractivity contribution in [2.75, 3.05) is 45.9 Å². The number of likely N-dealkylation sites (tertiary alicyclic amines) is 1.